The first kappa shape index (κ1) is 36.6. The van der Waals surface area contributed by atoms with Gasteiger partial charge in [0.1, 0.15) is 0 Å². The summed E-state index contributed by atoms with van der Waals surface area (Å²) in [5.41, 5.74) is 0. The Morgan fingerprint density at radius 3 is 1.12 bits per heavy atom. The van der Waals surface area contributed by atoms with E-state index in [0.29, 0.717) is 0 Å². The van der Waals surface area contributed by atoms with Crippen LogP contribution in [0.15, 0.2) is 0 Å². The molecule has 0 saturated carbocycles. The third-order valence-corrected chi connectivity index (χ3v) is 3.98. The molecule has 6 heteroatoms. The van der Waals surface area contributed by atoms with Gasteiger partial charge in [-0.25, -0.2) is 0 Å². The Labute approximate surface area is 200 Å². The van der Waals surface area contributed by atoms with Crippen LogP contribution in [0.4, 0.5) is 0 Å². The molecule has 0 aliphatic carbocycles. The summed E-state index contributed by atoms with van der Waals surface area (Å²) in [6, 6.07) is 0. The van der Waals surface area contributed by atoms with Crippen LogP contribution < -0.4 is 76.6 Å². The number of hydrogen-bond donors (Lipinski definition) is 0. The van der Waals surface area contributed by atoms with Crippen LogP contribution in [-0.4, -0.2) is 11.4 Å². The first-order chi connectivity index (χ1) is 9.77. The molecule has 0 unspecified atom stereocenters. The van der Waals surface area contributed by atoms with Gasteiger partial charge in [-0.15, -0.1) is 0 Å². The van der Waals surface area contributed by atoms with Crippen LogP contribution >= 0.6 is 0 Å². The molecule has 24 heavy (non-hydrogen) atoms. The van der Waals surface area contributed by atoms with Gasteiger partial charge < -0.3 is 27.8 Å². The number of rotatable bonds is 16. The molecule has 0 aliphatic rings. The summed E-state index contributed by atoms with van der Waals surface area (Å²) in [7, 11) is 0. The van der Waals surface area contributed by atoms with E-state index in [4.69, 9.17) is 0 Å². The van der Waals surface area contributed by atoms with E-state index in [1.54, 1.807) is 0 Å². The molecule has 0 aromatic rings. The SMILES string of the molecule is CCCCCCCCCCCCCCCCCC(=O)[O-].O.[Cl-].[Na+].[Na+]. The minimum Gasteiger partial charge on any atom is -1.00 e. The first-order valence-electron chi connectivity index (χ1n) is 8.97. The molecule has 0 aromatic heterocycles. The van der Waals surface area contributed by atoms with Crippen molar-refractivity contribution in [1.82, 2.24) is 0 Å². The molecule has 0 saturated heterocycles. The Morgan fingerprint density at radius 2 is 0.875 bits per heavy atom. The Balaban J connectivity index is -0.000000301. The minimum atomic E-state index is -0.903. The number of carboxylic acid groups (broad SMARTS) is 1. The molecular formula is C18H37ClNa2O3. The van der Waals surface area contributed by atoms with Crippen LogP contribution in [-0.2, 0) is 4.79 Å². The summed E-state index contributed by atoms with van der Waals surface area (Å²) in [6.45, 7) is 2.27. The largest absolute Gasteiger partial charge is 1.00 e. The normalized spacial score (nSPS) is 9.04. The predicted octanol–water partition coefficient (Wildman–Crippen LogP) is -4.81. The van der Waals surface area contributed by atoms with Crippen molar-refractivity contribution in [3.8, 4) is 0 Å². The van der Waals surface area contributed by atoms with E-state index in [2.05, 4.69) is 6.92 Å². The van der Waals surface area contributed by atoms with E-state index in [1.807, 2.05) is 0 Å². The van der Waals surface area contributed by atoms with Gasteiger partial charge in [-0.05, 0) is 12.8 Å². The molecule has 0 aromatic carbocycles. The maximum Gasteiger partial charge on any atom is 1.00 e. The van der Waals surface area contributed by atoms with Gasteiger partial charge in [0.25, 0.3) is 0 Å². The summed E-state index contributed by atoms with van der Waals surface area (Å²) < 4.78 is 0. The zero-order valence-corrected chi connectivity index (χ0v) is 21.3. The second-order valence-corrected chi connectivity index (χ2v) is 6.07. The van der Waals surface area contributed by atoms with E-state index >= 15 is 0 Å². The number of carbonyl (C=O) groups excluding carboxylic acids is 1. The number of halogens is 1. The summed E-state index contributed by atoms with van der Waals surface area (Å²) in [5, 5.41) is 10.2. The second kappa shape index (κ2) is 32.4. The van der Waals surface area contributed by atoms with Gasteiger partial charge in [0.05, 0.1) is 0 Å². The van der Waals surface area contributed by atoms with Gasteiger partial charge in [-0.3, -0.25) is 0 Å². The van der Waals surface area contributed by atoms with E-state index < -0.39 is 5.97 Å². The maximum absolute atomic E-state index is 10.2. The molecule has 0 bridgehead atoms. The third-order valence-electron chi connectivity index (χ3n) is 3.98. The van der Waals surface area contributed by atoms with E-state index in [9.17, 15) is 9.90 Å². The van der Waals surface area contributed by atoms with Crippen LogP contribution in [0.25, 0.3) is 0 Å². The van der Waals surface area contributed by atoms with Crippen LogP contribution in [0.3, 0.4) is 0 Å². The number of carbonyl (C=O) groups is 1. The fraction of sp³-hybridized carbons (Fsp3) is 0.944. The van der Waals surface area contributed by atoms with Crippen molar-refractivity contribution >= 4 is 5.97 Å². The third kappa shape index (κ3) is 34.9. The molecule has 0 amide bonds. The van der Waals surface area contributed by atoms with Gasteiger partial charge in [0.15, 0.2) is 0 Å². The van der Waals surface area contributed by atoms with Gasteiger partial charge in [0.2, 0.25) is 0 Å². The molecule has 3 nitrogen and oxygen atoms in total. The van der Waals surface area contributed by atoms with Crippen LogP contribution in [0, 0.1) is 0 Å². The molecule has 0 aliphatic heterocycles. The topological polar surface area (TPSA) is 71.6 Å². The summed E-state index contributed by atoms with van der Waals surface area (Å²) in [4.78, 5) is 10.2. The Bertz CT molecular complexity index is 220. The second-order valence-electron chi connectivity index (χ2n) is 6.07. The molecule has 2 N–H and O–H groups in total. The molecule has 0 heterocycles. The average molecular weight is 383 g/mol. The van der Waals surface area contributed by atoms with Crippen molar-refractivity contribution < 1.29 is 86.9 Å². The minimum absolute atomic E-state index is 0. The maximum atomic E-state index is 10.2. The Hall–Kier alpha value is 1.72. The Morgan fingerprint density at radius 1 is 0.625 bits per heavy atom. The molecule has 0 atom stereocenters. The summed E-state index contributed by atoms with van der Waals surface area (Å²) in [5.74, 6) is -0.903. The van der Waals surface area contributed by atoms with Gasteiger partial charge in [-0.2, -0.15) is 0 Å². The van der Waals surface area contributed by atoms with Crippen molar-refractivity contribution in [2.24, 2.45) is 0 Å². The molecule has 136 valence electrons. The standard InChI is InChI=1S/C18H36O2.ClH.2Na.H2O/c1-2-3-4-5-6-7-8-9-10-11-12-13-14-15-16-17-18(19)20;;;;/h2-17H2,1H3,(H,19,20);1H;;;1H2/q;;2*+1;/p-2. The van der Waals surface area contributed by atoms with Crippen LogP contribution in [0.2, 0.25) is 0 Å². The summed E-state index contributed by atoms with van der Waals surface area (Å²) in [6.07, 6.45) is 19.9. The molecule has 0 spiro atoms. The monoisotopic (exact) mass is 382 g/mol. The first-order valence-corrected chi connectivity index (χ1v) is 8.97. The number of hydrogen-bond acceptors (Lipinski definition) is 2. The van der Waals surface area contributed by atoms with Crippen LogP contribution in [0.5, 0.6) is 0 Å². The number of unbranched alkanes of at least 4 members (excludes halogenated alkanes) is 14. The number of carboxylic acids is 1. The molecule has 0 radical (unpaired) electrons. The fourth-order valence-corrected chi connectivity index (χ4v) is 2.64. The number of aliphatic carboxylic acids is 1. The quantitative estimate of drug-likeness (QED) is 0.198. The van der Waals surface area contributed by atoms with Crippen molar-refractivity contribution in [3.63, 3.8) is 0 Å². The predicted molar refractivity (Wildman–Crippen MR) is 88.2 cm³/mol. The van der Waals surface area contributed by atoms with Gasteiger partial charge >= 0.3 is 59.1 Å². The summed E-state index contributed by atoms with van der Waals surface area (Å²) >= 11 is 0. The van der Waals surface area contributed by atoms with E-state index in [-0.39, 0.29) is 83.4 Å². The average Bonchev–Trinajstić information content (AvgIpc) is 2.43. The fourth-order valence-electron chi connectivity index (χ4n) is 2.64. The van der Waals surface area contributed by atoms with Gasteiger partial charge in [0, 0.05) is 5.97 Å². The van der Waals surface area contributed by atoms with Crippen molar-refractivity contribution in [2.45, 2.75) is 110 Å². The smallest absolute Gasteiger partial charge is 1.00 e. The zero-order chi connectivity index (χ0) is 14.9. The zero-order valence-electron chi connectivity index (χ0n) is 16.5. The van der Waals surface area contributed by atoms with Crippen molar-refractivity contribution in [3.05, 3.63) is 0 Å². The van der Waals surface area contributed by atoms with E-state index in [1.165, 1.54) is 83.5 Å². The molecular weight excluding hydrogens is 346 g/mol. The van der Waals surface area contributed by atoms with E-state index in [0.717, 1.165) is 12.8 Å². The Kier molecular flexibility index (Phi) is 49.4. The van der Waals surface area contributed by atoms with Crippen LogP contribution in [0.1, 0.15) is 110 Å². The molecule has 0 fully saturated rings. The van der Waals surface area contributed by atoms with Crippen molar-refractivity contribution in [2.75, 3.05) is 0 Å². The van der Waals surface area contributed by atoms with Crippen molar-refractivity contribution in [1.29, 1.82) is 0 Å². The van der Waals surface area contributed by atoms with Gasteiger partial charge in [-0.1, -0.05) is 96.8 Å². The molecule has 0 rings (SSSR count).